The second-order valence-electron chi connectivity index (χ2n) is 6.12. The molecule has 0 radical (unpaired) electrons. The van der Waals surface area contributed by atoms with Crippen molar-refractivity contribution in [3.63, 3.8) is 0 Å². The van der Waals surface area contributed by atoms with Gasteiger partial charge in [-0.15, -0.1) is 11.8 Å². The largest absolute Gasteiger partial charge is 0.395 e. The molecule has 20 heavy (non-hydrogen) atoms. The predicted molar refractivity (Wildman–Crippen MR) is 69.0 cm³/mol. The molecule has 2 aliphatic carbocycles. The zero-order valence-corrected chi connectivity index (χ0v) is 20.7. The summed E-state index contributed by atoms with van der Waals surface area (Å²) < 4.78 is 0. The number of hydrogen-bond donors (Lipinski definition) is 2. The van der Waals surface area contributed by atoms with E-state index >= 15 is 0 Å². The molecule has 0 amide bonds. The Morgan fingerprint density at radius 3 is 1.40 bits per heavy atom. The van der Waals surface area contributed by atoms with E-state index in [9.17, 15) is 10.2 Å². The van der Waals surface area contributed by atoms with Crippen LogP contribution in [0.5, 0.6) is 0 Å². The fourth-order valence-corrected chi connectivity index (χ4v) is 3.64. The molecule has 2 saturated carbocycles. The first-order valence-electron chi connectivity index (χ1n) is 7.12. The van der Waals surface area contributed by atoms with Crippen LogP contribution in [0.25, 0.3) is 0 Å². The molecule has 5 heteroatoms. The van der Waals surface area contributed by atoms with Gasteiger partial charge in [0, 0.05) is 75.4 Å². The van der Waals surface area contributed by atoms with Crippen LogP contribution >= 0.6 is 0 Å². The molecule has 0 aromatic heterocycles. The molecule has 0 aromatic carbocycles. The van der Waals surface area contributed by atoms with Crippen LogP contribution in [0.2, 0.25) is 0 Å². The second kappa shape index (κ2) is 11.5. The van der Waals surface area contributed by atoms with Crippen molar-refractivity contribution in [2.45, 2.75) is 57.2 Å². The maximum absolute atomic E-state index is 10.2. The Bertz CT molecular complexity index is 229. The van der Waals surface area contributed by atoms with E-state index in [0.29, 0.717) is 11.8 Å². The van der Waals surface area contributed by atoms with E-state index in [1.807, 2.05) is 0 Å². The van der Waals surface area contributed by atoms with Crippen molar-refractivity contribution in [1.82, 2.24) is 0 Å². The molecule has 6 unspecified atom stereocenters. The summed E-state index contributed by atoms with van der Waals surface area (Å²) >= 11 is 0. The second-order valence-corrected chi connectivity index (χ2v) is 6.12. The summed E-state index contributed by atoms with van der Waals surface area (Å²) in [4.78, 5) is 0. The average molecular weight is 790 g/mol. The fraction of sp³-hybridized carbons (Fsp3) is 0.867. The topological polar surface area (TPSA) is 40.5 Å². The molecule has 2 N–H and O–H groups in total. The quantitative estimate of drug-likeness (QED) is 0.423. The third kappa shape index (κ3) is 6.24. The Hall–Kier alpha value is 1.98. The molecule has 6 atom stereocenters. The van der Waals surface area contributed by atoms with E-state index in [1.54, 1.807) is 0 Å². The van der Waals surface area contributed by atoms with Crippen molar-refractivity contribution in [2.75, 3.05) is 0 Å². The summed E-state index contributed by atoms with van der Waals surface area (Å²) in [6.45, 7) is 8.06. The molecule has 0 aliphatic heterocycles. The standard InChI is InChI=1S/C15H26O2.3W/c1-10-5-3-7-12(14(10)16)9-13-8-4-6-11(2)15(13)17;;;/h10-17H,1-9H2;;;/q-2;;;. The molecular weight excluding hydrogens is 764 g/mol. The zero-order valence-electron chi connectivity index (χ0n) is 11.9. The van der Waals surface area contributed by atoms with Gasteiger partial charge in [0.25, 0.3) is 0 Å². The Morgan fingerprint density at radius 1 is 0.700 bits per heavy atom. The summed E-state index contributed by atoms with van der Waals surface area (Å²) in [5.41, 5.74) is 0. The van der Waals surface area contributed by atoms with Gasteiger partial charge in [0.05, 0.1) is 0 Å². The van der Waals surface area contributed by atoms with Crippen LogP contribution in [-0.2, 0) is 63.2 Å². The predicted octanol–water partition coefficient (Wildman–Crippen LogP) is 2.59. The van der Waals surface area contributed by atoms with Crippen LogP contribution in [0.1, 0.15) is 44.9 Å². The minimum atomic E-state index is -0.263. The van der Waals surface area contributed by atoms with Crippen LogP contribution in [0.4, 0.5) is 0 Å². The van der Waals surface area contributed by atoms with Crippen LogP contribution in [0.15, 0.2) is 0 Å². The van der Waals surface area contributed by atoms with Crippen molar-refractivity contribution >= 4 is 0 Å². The van der Waals surface area contributed by atoms with Gasteiger partial charge in [-0.25, -0.2) is 0 Å². The summed E-state index contributed by atoms with van der Waals surface area (Å²) in [5, 5.41) is 20.3. The summed E-state index contributed by atoms with van der Waals surface area (Å²) in [7, 11) is 0. The first-order valence-corrected chi connectivity index (χ1v) is 7.12. The molecule has 0 bridgehead atoms. The Labute approximate surface area is 167 Å². The van der Waals surface area contributed by atoms with Gasteiger partial charge in [-0.05, 0) is 31.1 Å². The van der Waals surface area contributed by atoms with E-state index in [4.69, 9.17) is 0 Å². The van der Waals surface area contributed by atoms with E-state index in [-0.39, 0.29) is 87.2 Å². The number of aliphatic hydroxyl groups is 2. The van der Waals surface area contributed by atoms with Crippen molar-refractivity contribution in [3.05, 3.63) is 13.8 Å². The third-order valence-corrected chi connectivity index (χ3v) is 4.84. The van der Waals surface area contributed by atoms with Gasteiger partial charge in [0.1, 0.15) is 0 Å². The van der Waals surface area contributed by atoms with Gasteiger partial charge < -0.3 is 24.1 Å². The number of aliphatic hydroxyl groups excluding tert-OH is 2. The van der Waals surface area contributed by atoms with Crippen LogP contribution in [0, 0.1) is 37.5 Å². The first-order chi connectivity index (χ1) is 8.09. The molecule has 2 aliphatic rings. The smallest absolute Gasteiger partial charge is 0.0325 e. The zero-order chi connectivity index (χ0) is 12.4. The van der Waals surface area contributed by atoms with Gasteiger partial charge in [0.2, 0.25) is 0 Å². The summed E-state index contributed by atoms with van der Waals surface area (Å²) in [6, 6.07) is 0. The minimum Gasteiger partial charge on any atom is -0.395 e. The summed E-state index contributed by atoms with van der Waals surface area (Å²) in [6.07, 6.45) is 7.06. The molecular formula is C15H26O2W3-2. The van der Waals surface area contributed by atoms with Crippen molar-refractivity contribution < 1.29 is 73.4 Å². The molecule has 118 valence electrons. The monoisotopic (exact) mass is 790 g/mol. The Balaban J connectivity index is 0. The van der Waals surface area contributed by atoms with Crippen molar-refractivity contribution in [1.29, 1.82) is 0 Å². The normalized spacial score (nSPS) is 40.8. The van der Waals surface area contributed by atoms with Crippen molar-refractivity contribution in [2.24, 2.45) is 23.7 Å². The molecule has 2 rings (SSSR count). The maximum Gasteiger partial charge on any atom is 0.0325 e. The first kappa shape index (κ1) is 24.2. The molecule has 0 heterocycles. The SMILES string of the molecule is [CH2-]C1CCCC(CC2CCCC([CH2-])C2O)C1O.[W].[W].[W]. The molecule has 2 nitrogen and oxygen atoms in total. The minimum absolute atomic E-state index is 0. The van der Waals surface area contributed by atoms with Gasteiger partial charge in [-0.1, -0.05) is 25.7 Å². The van der Waals surface area contributed by atoms with Gasteiger partial charge in [-0.3, -0.25) is 0 Å². The van der Waals surface area contributed by atoms with E-state index in [2.05, 4.69) is 13.8 Å². The van der Waals surface area contributed by atoms with Crippen molar-refractivity contribution in [3.8, 4) is 0 Å². The summed E-state index contributed by atoms with van der Waals surface area (Å²) in [5.74, 6) is 1.06. The molecule has 0 saturated heterocycles. The number of hydrogen-bond acceptors (Lipinski definition) is 2. The fourth-order valence-electron chi connectivity index (χ4n) is 3.64. The van der Waals surface area contributed by atoms with Gasteiger partial charge >= 0.3 is 0 Å². The van der Waals surface area contributed by atoms with Gasteiger partial charge in [0.15, 0.2) is 0 Å². The van der Waals surface area contributed by atoms with Gasteiger partial charge in [-0.2, -0.15) is 0 Å². The van der Waals surface area contributed by atoms with Crippen LogP contribution in [0.3, 0.4) is 0 Å². The van der Waals surface area contributed by atoms with E-state index in [0.717, 1.165) is 32.1 Å². The van der Waals surface area contributed by atoms with Crippen LogP contribution in [-0.4, -0.2) is 22.4 Å². The molecule has 2 fully saturated rings. The maximum atomic E-state index is 10.2. The van der Waals surface area contributed by atoms with E-state index in [1.165, 1.54) is 12.8 Å². The Kier molecular flexibility index (Phi) is 14.0. The van der Waals surface area contributed by atoms with Crippen LogP contribution < -0.4 is 0 Å². The average Bonchev–Trinajstić information content (AvgIpc) is 2.31. The molecule has 0 spiro atoms. The Morgan fingerprint density at radius 2 is 1.05 bits per heavy atom. The molecule has 0 aromatic rings. The van der Waals surface area contributed by atoms with E-state index < -0.39 is 0 Å². The number of rotatable bonds is 2. The third-order valence-electron chi connectivity index (χ3n) is 4.84.